The number of ether oxygens (including phenoxy) is 1. The van der Waals surface area contributed by atoms with E-state index in [1.807, 2.05) is 0 Å². The van der Waals surface area contributed by atoms with E-state index in [-0.39, 0.29) is 12.4 Å². The van der Waals surface area contributed by atoms with Gasteiger partial charge in [0.15, 0.2) is 5.78 Å². The van der Waals surface area contributed by atoms with Gasteiger partial charge in [-0.2, -0.15) is 0 Å². The van der Waals surface area contributed by atoms with Crippen molar-refractivity contribution in [2.24, 2.45) is 5.92 Å². The summed E-state index contributed by atoms with van der Waals surface area (Å²) in [6, 6.07) is 0. The van der Waals surface area contributed by atoms with Crippen LogP contribution in [0.1, 0.15) is 26.7 Å². The first kappa shape index (κ1) is 9.63. The van der Waals surface area contributed by atoms with Crippen LogP contribution in [0.3, 0.4) is 0 Å². The Morgan fingerprint density at radius 2 is 2.20 bits per heavy atom. The lowest BCUT2D eigenvalue weighted by Gasteiger charge is -2.05. The van der Waals surface area contributed by atoms with E-state index < -0.39 is 0 Å². The van der Waals surface area contributed by atoms with Crippen LogP contribution in [-0.4, -0.2) is 19.5 Å². The average molecular weight is 144 g/mol. The lowest BCUT2D eigenvalue weighted by Crippen LogP contribution is -2.10. The topological polar surface area (TPSA) is 26.3 Å². The summed E-state index contributed by atoms with van der Waals surface area (Å²) in [6.07, 6.45) is 1.72. The van der Waals surface area contributed by atoms with Crippen molar-refractivity contribution in [3.63, 3.8) is 0 Å². The van der Waals surface area contributed by atoms with Gasteiger partial charge in [0.1, 0.15) is 6.61 Å². The molecule has 0 fully saturated rings. The number of hydrogen-bond acceptors (Lipinski definition) is 2. The first-order chi connectivity index (χ1) is 4.70. The summed E-state index contributed by atoms with van der Waals surface area (Å²) in [4.78, 5) is 10.9. The fraction of sp³-hybridized carbons (Fsp3) is 0.875. The smallest absolute Gasteiger partial charge is 0.158 e. The first-order valence-electron chi connectivity index (χ1n) is 3.71. The molecule has 0 rings (SSSR count). The Kier molecular flexibility index (Phi) is 5.22. The van der Waals surface area contributed by atoms with Gasteiger partial charge >= 0.3 is 0 Å². The van der Waals surface area contributed by atoms with Crippen molar-refractivity contribution >= 4 is 5.78 Å². The molecule has 0 saturated carbocycles. The molecular weight excluding hydrogens is 128 g/mol. The number of carbonyl (C=O) groups excluding carboxylic acids is 1. The van der Waals surface area contributed by atoms with Gasteiger partial charge in [-0.25, -0.2) is 0 Å². The van der Waals surface area contributed by atoms with Crippen LogP contribution in [0.25, 0.3) is 0 Å². The highest BCUT2D eigenvalue weighted by atomic mass is 16.5. The van der Waals surface area contributed by atoms with Crippen molar-refractivity contribution in [3.05, 3.63) is 0 Å². The van der Waals surface area contributed by atoms with E-state index in [2.05, 4.69) is 13.8 Å². The zero-order chi connectivity index (χ0) is 7.98. The molecule has 2 nitrogen and oxygen atoms in total. The Hall–Kier alpha value is -0.370. The number of carbonyl (C=O) groups is 1. The molecule has 0 heterocycles. The van der Waals surface area contributed by atoms with Crippen molar-refractivity contribution < 1.29 is 9.53 Å². The maximum atomic E-state index is 10.9. The van der Waals surface area contributed by atoms with E-state index in [0.717, 1.165) is 6.42 Å². The molecule has 1 unspecified atom stereocenters. The molecule has 0 bridgehead atoms. The molecule has 0 aromatic rings. The Labute approximate surface area is 62.6 Å². The molecule has 2 heteroatoms. The highest BCUT2D eigenvalue weighted by molar-refractivity contribution is 5.79. The molecule has 0 radical (unpaired) electrons. The minimum absolute atomic E-state index is 0.205. The molecule has 0 amide bonds. The van der Waals surface area contributed by atoms with Crippen LogP contribution in [0.15, 0.2) is 0 Å². The van der Waals surface area contributed by atoms with Gasteiger partial charge in [0.05, 0.1) is 0 Å². The second-order valence-corrected chi connectivity index (χ2v) is 2.69. The maximum absolute atomic E-state index is 10.9. The van der Waals surface area contributed by atoms with Crippen LogP contribution in [0, 0.1) is 5.92 Å². The fourth-order valence-electron chi connectivity index (χ4n) is 0.753. The predicted octanol–water partition coefficient (Wildman–Crippen LogP) is 1.64. The minimum atomic E-state index is 0.205. The lowest BCUT2D eigenvalue weighted by molar-refractivity contribution is -0.123. The number of ketones is 1. The zero-order valence-corrected chi connectivity index (χ0v) is 7.02. The summed E-state index contributed by atoms with van der Waals surface area (Å²) in [6.45, 7) is 4.43. The van der Waals surface area contributed by atoms with Gasteiger partial charge in [0.25, 0.3) is 0 Å². The monoisotopic (exact) mass is 144 g/mol. The van der Waals surface area contributed by atoms with Crippen LogP contribution in [0.2, 0.25) is 0 Å². The summed E-state index contributed by atoms with van der Waals surface area (Å²) in [7, 11) is 1.55. The second-order valence-electron chi connectivity index (χ2n) is 2.69. The Balaban J connectivity index is 3.37. The third-order valence-electron chi connectivity index (χ3n) is 1.58. The minimum Gasteiger partial charge on any atom is -0.377 e. The second kappa shape index (κ2) is 5.42. The summed E-state index contributed by atoms with van der Waals surface area (Å²) >= 11 is 0. The van der Waals surface area contributed by atoms with Crippen LogP contribution in [0.5, 0.6) is 0 Å². The maximum Gasteiger partial charge on any atom is 0.158 e. The molecule has 0 N–H and O–H groups in total. The first-order valence-corrected chi connectivity index (χ1v) is 3.71. The van der Waals surface area contributed by atoms with Gasteiger partial charge in [-0.15, -0.1) is 0 Å². The van der Waals surface area contributed by atoms with Gasteiger partial charge in [-0.05, 0) is 5.92 Å². The van der Waals surface area contributed by atoms with E-state index >= 15 is 0 Å². The van der Waals surface area contributed by atoms with E-state index in [1.54, 1.807) is 7.11 Å². The standard InChI is InChI=1S/C8H16O2/c1-4-7(2)5-8(9)6-10-3/h7H,4-6H2,1-3H3. The summed E-state index contributed by atoms with van der Waals surface area (Å²) in [5.74, 6) is 0.708. The van der Waals surface area contributed by atoms with Gasteiger partial charge < -0.3 is 4.74 Å². The molecule has 0 aliphatic carbocycles. The summed E-state index contributed by atoms with van der Waals surface area (Å²) < 4.78 is 4.70. The SMILES string of the molecule is CCC(C)CC(=O)COC. The van der Waals surface area contributed by atoms with E-state index in [1.165, 1.54) is 0 Å². The third kappa shape index (κ3) is 4.50. The molecule has 0 aliphatic heterocycles. The van der Waals surface area contributed by atoms with E-state index in [0.29, 0.717) is 12.3 Å². The molecule has 0 aromatic carbocycles. The molecule has 10 heavy (non-hydrogen) atoms. The lowest BCUT2D eigenvalue weighted by atomic mass is 10.0. The van der Waals surface area contributed by atoms with Crippen molar-refractivity contribution in [2.75, 3.05) is 13.7 Å². The predicted molar refractivity (Wildman–Crippen MR) is 41.0 cm³/mol. The third-order valence-corrected chi connectivity index (χ3v) is 1.58. The van der Waals surface area contributed by atoms with Crippen LogP contribution in [0.4, 0.5) is 0 Å². The number of hydrogen-bond donors (Lipinski definition) is 0. The van der Waals surface area contributed by atoms with Crippen LogP contribution < -0.4 is 0 Å². The molecular formula is C8H16O2. The largest absolute Gasteiger partial charge is 0.377 e. The molecule has 0 aliphatic rings. The van der Waals surface area contributed by atoms with E-state index in [4.69, 9.17) is 4.74 Å². The van der Waals surface area contributed by atoms with Gasteiger partial charge in [-0.3, -0.25) is 4.79 Å². The molecule has 0 saturated heterocycles. The van der Waals surface area contributed by atoms with Gasteiger partial charge in [0, 0.05) is 13.5 Å². The molecule has 0 spiro atoms. The summed E-state index contributed by atoms with van der Waals surface area (Å²) in [5, 5.41) is 0. The Bertz CT molecular complexity index is 99.4. The summed E-state index contributed by atoms with van der Waals surface area (Å²) in [5.41, 5.74) is 0. The van der Waals surface area contributed by atoms with Crippen molar-refractivity contribution in [3.8, 4) is 0 Å². The van der Waals surface area contributed by atoms with Crippen LogP contribution in [-0.2, 0) is 9.53 Å². The molecule has 0 aromatic heterocycles. The van der Waals surface area contributed by atoms with Crippen molar-refractivity contribution in [2.45, 2.75) is 26.7 Å². The van der Waals surface area contributed by atoms with Crippen LogP contribution >= 0.6 is 0 Å². The van der Waals surface area contributed by atoms with Crippen molar-refractivity contribution in [1.82, 2.24) is 0 Å². The average Bonchev–Trinajstić information content (AvgIpc) is 1.88. The fourth-order valence-corrected chi connectivity index (χ4v) is 0.753. The normalized spacial score (nSPS) is 13.1. The van der Waals surface area contributed by atoms with Gasteiger partial charge in [-0.1, -0.05) is 20.3 Å². The molecule has 60 valence electrons. The number of methoxy groups -OCH3 is 1. The highest BCUT2D eigenvalue weighted by Crippen LogP contribution is 2.06. The number of Topliss-reactive ketones (excluding diaryl/α,β-unsaturated/α-hetero) is 1. The Morgan fingerprint density at radius 3 is 2.60 bits per heavy atom. The quantitative estimate of drug-likeness (QED) is 0.586. The number of rotatable bonds is 5. The highest BCUT2D eigenvalue weighted by Gasteiger charge is 2.05. The van der Waals surface area contributed by atoms with Gasteiger partial charge in [0.2, 0.25) is 0 Å². The molecule has 1 atom stereocenters. The zero-order valence-electron chi connectivity index (χ0n) is 7.02. The van der Waals surface area contributed by atoms with Crippen molar-refractivity contribution in [1.29, 1.82) is 0 Å². The Morgan fingerprint density at radius 1 is 1.60 bits per heavy atom. The van der Waals surface area contributed by atoms with E-state index in [9.17, 15) is 4.79 Å².